The number of likely N-dealkylation sites (N-methyl/N-ethyl adjacent to an activating group) is 1. The first-order valence-electron chi connectivity index (χ1n) is 5.45. The van der Waals surface area contributed by atoms with Crippen molar-refractivity contribution in [2.45, 2.75) is 6.92 Å². The molecule has 0 saturated carbocycles. The topological polar surface area (TPSA) is 70.3 Å². The van der Waals surface area contributed by atoms with Gasteiger partial charge < -0.3 is 16.1 Å². The average molecular weight is 222 g/mol. The van der Waals surface area contributed by atoms with E-state index < -0.39 is 0 Å². The second-order valence-corrected chi connectivity index (χ2v) is 4.15. The van der Waals surface area contributed by atoms with Gasteiger partial charge in [0.25, 0.3) is 0 Å². The van der Waals surface area contributed by atoms with Gasteiger partial charge in [0.15, 0.2) is 0 Å². The Morgan fingerprint density at radius 3 is 2.56 bits per heavy atom. The molecule has 0 unspecified atom stereocenters. The van der Waals surface area contributed by atoms with Gasteiger partial charge in [0, 0.05) is 37.9 Å². The summed E-state index contributed by atoms with van der Waals surface area (Å²) in [5.74, 6) is 1.09. The van der Waals surface area contributed by atoms with E-state index in [0.29, 0.717) is 5.95 Å². The molecule has 2 rings (SSSR count). The molecule has 88 valence electrons. The summed E-state index contributed by atoms with van der Waals surface area (Å²) in [6.07, 6.45) is 0. The van der Waals surface area contributed by atoms with Gasteiger partial charge in [-0.15, -0.1) is 0 Å². The van der Waals surface area contributed by atoms with Crippen LogP contribution in [0.25, 0.3) is 0 Å². The quantitative estimate of drug-likeness (QED) is 0.730. The maximum Gasteiger partial charge on any atom is 0.222 e. The number of nitrogens with zero attached hydrogens (tertiary/aromatic N) is 4. The van der Waals surface area contributed by atoms with Crippen LogP contribution >= 0.6 is 0 Å². The summed E-state index contributed by atoms with van der Waals surface area (Å²) in [5.41, 5.74) is 9.74. The number of piperazine rings is 1. The standard InChI is InChI=1S/C10H18N6/c1-8-7-9(13-10(11)12-8)14-16-5-3-15(2)4-6-16/h7H,3-6H2,1-2H3,(H3,11,12,13,14). The first kappa shape index (κ1) is 11.1. The Labute approximate surface area is 95.4 Å². The van der Waals surface area contributed by atoms with E-state index in [1.54, 1.807) is 0 Å². The highest BCUT2D eigenvalue weighted by atomic mass is 15.5. The summed E-state index contributed by atoms with van der Waals surface area (Å²) in [6.45, 7) is 6.01. The molecule has 1 saturated heterocycles. The molecule has 1 aliphatic rings. The van der Waals surface area contributed by atoms with Gasteiger partial charge in [-0.2, -0.15) is 4.98 Å². The number of hydrazine groups is 1. The number of aromatic nitrogens is 2. The zero-order chi connectivity index (χ0) is 11.5. The van der Waals surface area contributed by atoms with Crippen LogP contribution in [0.5, 0.6) is 0 Å². The molecule has 6 heteroatoms. The van der Waals surface area contributed by atoms with Crippen molar-refractivity contribution in [1.82, 2.24) is 19.9 Å². The maximum atomic E-state index is 5.60. The van der Waals surface area contributed by atoms with Crippen molar-refractivity contribution in [2.75, 3.05) is 44.4 Å². The van der Waals surface area contributed by atoms with Gasteiger partial charge in [-0.1, -0.05) is 0 Å². The molecule has 0 amide bonds. The van der Waals surface area contributed by atoms with E-state index in [4.69, 9.17) is 5.73 Å². The van der Waals surface area contributed by atoms with Gasteiger partial charge in [0.2, 0.25) is 5.95 Å². The molecule has 1 aliphatic heterocycles. The fourth-order valence-electron chi connectivity index (χ4n) is 1.73. The SMILES string of the molecule is Cc1cc(NN2CCN(C)CC2)nc(N)n1. The number of rotatable bonds is 2. The van der Waals surface area contributed by atoms with E-state index in [0.717, 1.165) is 37.7 Å². The molecule has 0 spiro atoms. The van der Waals surface area contributed by atoms with Crippen molar-refractivity contribution >= 4 is 11.8 Å². The summed E-state index contributed by atoms with van der Waals surface area (Å²) >= 11 is 0. The lowest BCUT2D eigenvalue weighted by atomic mass is 10.4. The van der Waals surface area contributed by atoms with Crippen LogP contribution in [0.1, 0.15) is 5.69 Å². The van der Waals surface area contributed by atoms with Gasteiger partial charge >= 0.3 is 0 Å². The average Bonchev–Trinajstić information content (AvgIpc) is 2.20. The first-order chi connectivity index (χ1) is 7.63. The predicted molar refractivity (Wildman–Crippen MR) is 63.9 cm³/mol. The zero-order valence-corrected chi connectivity index (χ0v) is 9.77. The fourth-order valence-corrected chi connectivity index (χ4v) is 1.73. The summed E-state index contributed by atoms with van der Waals surface area (Å²) in [5, 5.41) is 2.15. The summed E-state index contributed by atoms with van der Waals surface area (Å²) in [4.78, 5) is 10.5. The Hall–Kier alpha value is -1.40. The van der Waals surface area contributed by atoms with Crippen LogP contribution in [0.4, 0.5) is 11.8 Å². The molecule has 16 heavy (non-hydrogen) atoms. The molecular weight excluding hydrogens is 204 g/mol. The largest absolute Gasteiger partial charge is 0.368 e. The second kappa shape index (κ2) is 4.63. The Morgan fingerprint density at radius 1 is 1.25 bits per heavy atom. The maximum absolute atomic E-state index is 5.60. The Morgan fingerprint density at radius 2 is 1.94 bits per heavy atom. The minimum Gasteiger partial charge on any atom is -0.368 e. The van der Waals surface area contributed by atoms with Crippen LogP contribution in [-0.4, -0.2) is 53.1 Å². The lowest BCUT2D eigenvalue weighted by molar-refractivity contribution is 0.178. The van der Waals surface area contributed by atoms with E-state index in [1.165, 1.54) is 0 Å². The summed E-state index contributed by atoms with van der Waals surface area (Å²) in [6, 6.07) is 1.90. The predicted octanol–water partition coefficient (Wildman–Crippen LogP) is -0.0585. The van der Waals surface area contributed by atoms with Gasteiger partial charge in [-0.3, -0.25) is 0 Å². The molecule has 0 aromatic carbocycles. The van der Waals surface area contributed by atoms with Crippen molar-refractivity contribution in [3.05, 3.63) is 11.8 Å². The number of nitrogens with one attached hydrogen (secondary N) is 1. The van der Waals surface area contributed by atoms with Crippen molar-refractivity contribution in [3.63, 3.8) is 0 Å². The molecule has 0 radical (unpaired) electrons. The van der Waals surface area contributed by atoms with Crippen molar-refractivity contribution in [2.24, 2.45) is 0 Å². The number of hydrogen-bond acceptors (Lipinski definition) is 6. The summed E-state index contributed by atoms with van der Waals surface area (Å²) < 4.78 is 0. The first-order valence-corrected chi connectivity index (χ1v) is 5.45. The molecule has 1 aromatic heterocycles. The molecule has 6 nitrogen and oxygen atoms in total. The number of nitrogens with two attached hydrogens (primary N) is 1. The van der Waals surface area contributed by atoms with Gasteiger partial charge in [-0.05, 0) is 14.0 Å². The molecule has 0 bridgehead atoms. The molecule has 0 atom stereocenters. The number of aryl methyl sites for hydroxylation is 1. The van der Waals surface area contributed by atoms with Crippen molar-refractivity contribution < 1.29 is 0 Å². The normalized spacial score (nSPS) is 18.6. The van der Waals surface area contributed by atoms with E-state index in [2.05, 4.69) is 32.4 Å². The molecule has 1 fully saturated rings. The smallest absolute Gasteiger partial charge is 0.222 e. The molecular formula is C10H18N6. The lowest BCUT2D eigenvalue weighted by Crippen LogP contribution is -2.47. The monoisotopic (exact) mass is 222 g/mol. The summed E-state index contributed by atoms with van der Waals surface area (Å²) in [7, 11) is 2.13. The van der Waals surface area contributed by atoms with E-state index in [1.807, 2.05) is 13.0 Å². The minimum absolute atomic E-state index is 0.316. The third kappa shape index (κ3) is 2.80. The Balaban J connectivity index is 1.98. The Bertz CT molecular complexity index is 338. The van der Waals surface area contributed by atoms with E-state index in [9.17, 15) is 0 Å². The highest BCUT2D eigenvalue weighted by Crippen LogP contribution is 2.09. The molecule has 3 N–H and O–H groups in total. The zero-order valence-electron chi connectivity index (χ0n) is 9.77. The molecule has 2 heterocycles. The van der Waals surface area contributed by atoms with E-state index in [-0.39, 0.29) is 0 Å². The van der Waals surface area contributed by atoms with Crippen LogP contribution < -0.4 is 11.2 Å². The second-order valence-electron chi connectivity index (χ2n) is 4.15. The van der Waals surface area contributed by atoms with Gasteiger partial charge in [-0.25, -0.2) is 9.99 Å². The molecule has 0 aliphatic carbocycles. The van der Waals surface area contributed by atoms with Crippen LogP contribution in [-0.2, 0) is 0 Å². The van der Waals surface area contributed by atoms with Crippen molar-refractivity contribution in [1.29, 1.82) is 0 Å². The Kier molecular flexibility index (Phi) is 3.21. The highest BCUT2D eigenvalue weighted by molar-refractivity contribution is 5.39. The van der Waals surface area contributed by atoms with E-state index >= 15 is 0 Å². The number of nitrogen functional groups attached to an aromatic ring is 1. The highest BCUT2D eigenvalue weighted by Gasteiger charge is 2.13. The van der Waals surface area contributed by atoms with Crippen LogP contribution in [0.3, 0.4) is 0 Å². The lowest BCUT2D eigenvalue weighted by Gasteiger charge is -2.32. The van der Waals surface area contributed by atoms with Gasteiger partial charge in [0.1, 0.15) is 5.82 Å². The van der Waals surface area contributed by atoms with Crippen molar-refractivity contribution in [3.8, 4) is 0 Å². The number of anilines is 2. The fraction of sp³-hybridized carbons (Fsp3) is 0.600. The van der Waals surface area contributed by atoms with Crippen LogP contribution in [0, 0.1) is 6.92 Å². The third-order valence-corrected chi connectivity index (χ3v) is 2.65. The van der Waals surface area contributed by atoms with Crippen LogP contribution in [0.2, 0.25) is 0 Å². The van der Waals surface area contributed by atoms with Crippen LogP contribution in [0.15, 0.2) is 6.07 Å². The third-order valence-electron chi connectivity index (χ3n) is 2.65. The number of hydrogen-bond donors (Lipinski definition) is 2. The molecule has 1 aromatic rings. The minimum atomic E-state index is 0.316. The van der Waals surface area contributed by atoms with Gasteiger partial charge in [0.05, 0.1) is 0 Å².